The van der Waals surface area contributed by atoms with Crippen LogP contribution in [0.1, 0.15) is 40.1 Å². The third kappa shape index (κ3) is 6.15. The van der Waals surface area contributed by atoms with Gasteiger partial charge in [0.1, 0.15) is 4.90 Å². The Morgan fingerprint density at radius 1 is 0.912 bits per heavy atom. The summed E-state index contributed by atoms with van der Waals surface area (Å²) in [4.78, 5) is 25.3. The third-order valence-electron chi connectivity index (χ3n) is 4.96. The lowest BCUT2D eigenvalue weighted by atomic mass is 10.1. The number of carbonyl (C=O) groups is 2. The summed E-state index contributed by atoms with van der Waals surface area (Å²) in [6, 6.07) is 17.5. The van der Waals surface area contributed by atoms with E-state index in [4.69, 9.17) is 11.6 Å². The lowest BCUT2D eigenvalue weighted by Gasteiger charge is -2.14. The Balaban J connectivity index is 1.86. The number of aryl methyl sites for hydroxylation is 1. The van der Waals surface area contributed by atoms with Crippen LogP contribution in [0.2, 0.25) is 5.02 Å². The van der Waals surface area contributed by atoms with E-state index in [1.165, 1.54) is 18.2 Å². The predicted octanol–water partition coefficient (Wildman–Crippen LogP) is 5.09. The van der Waals surface area contributed by atoms with Gasteiger partial charge in [0.15, 0.2) is 0 Å². The van der Waals surface area contributed by atoms with E-state index in [9.17, 15) is 18.0 Å². The Morgan fingerprint density at radius 2 is 1.56 bits per heavy atom. The number of carbonyl (C=O) groups excluding carboxylic acids is 2. The van der Waals surface area contributed by atoms with Crippen LogP contribution < -0.4 is 15.4 Å². The van der Waals surface area contributed by atoms with Crippen molar-refractivity contribution in [3.63, 3.8) is 0 Å². The second kappa shape index (κ2) is 10.7. The Bertz CT molecular complexity index is 1320. The van der Waals surface area contributed by atoms with Crippen molar-refractivity contribution in [2.45, 2.75) is 25.7 Å². The molecule has 2 amide bonds. The van der Waals surface area contributed by atoms with E-state index in [0.717, 1.165) is 5.56 Å². The second-order valence-electron chi connectivity index (χ2n) is 8.17. The van der Waals surface area contributed by atoms with E-state index in [1.54, 1.807) is 55.5 Å². The van der Waals surface area contributed by atoms with Gasteiger partial charge in [0.25, 0.3) is 21.8 Å². The fourth-order valence-corrected chi connectivity index (χ4v) is 4.77. The summed E-state index contributed by atoms with van der Waals surface area (Å²) in [6.07, 6.45) is 0. The zero-order valence-electron chi connectivity index (χ0n) is 19.1. The molecule has 0 fully saturated rings. The normalized spacial score (nSPS) is 11.2. The number of para-hydroxylation sites is 2. The van der Waals surface area contributed by atoms with E-state index in [1.807, 2.05) is 13.8 Å². The minimum absolute atomic E-state index is 0.0221. The van der Waals surface area contributed by atoms with E-state index in [2.05, 4.69) is 15.4 Å². The summed E-state index contributed by atoms with van der Waals surface area (Å²) in [5.74, 6) is -0.618. The van der Waals surface area contributed by atoms with Gasteiger partial charge in [-0.15, -0.1) is 0 Å². The summed E-state index contributed by atoms with van der Waals surface area (Å²) < 4.78 is 28.5. The summed E-state index contributed by atoms with van der Waals surface area (Å²) in [7, 11) is -4.06. The third-order valence-corrected chi connectivity index (χ3v) is 6.81. The highest BCUT2D eigenvalue weighted by Crippen LogP contribution is 2.27. The maximum absolute atomic E-state index is 13.0. The number of rotatable bonds is 8. The lowest BCUT2D eigenvalue weighted by molar-refractivity contribution is 0.0950. The SMILES string of the molecule is Cc1ccccc1NS(=O)(=O)c1cc(C(=O)Nc2ccccc2C(=O)NCC(C)C)ccc1Cl. The minimum atomic E-state index is -4.06. The molecule has 3 rings (SSSR count). The standard InChI is InChI=1S/C25H26ClN3O4S/c1-16(2)15-27-25(31)19-9-5-7-11-22(19)28-24(30)18-12-13-20(26)23(14-18)34(32,33)29-21-10-6-4-8-17(21)3/h4-14,16,29H,15H2,1-3H3,(H,27,31)(H,28,30). The first kappa shape index (κ1) is 25.3. The summed E-state index contributed by atoms with van der Waals surface area (Å²) in [6.45, 7) is 6.23. The first-order valence-corrected chi connectivity index (χ1v) is 12.5. The molecule has 0 aliphatic rings. The summed E-state index contributed by atoms with van der Waals surface area (Å²) in [5.41, 5.74) is 1.84. The molecular weight excluding hydrogens is 474 g/mol. The Kier molecular flexibility index (Phi) is 7.96. The van der Waals surface area contributed by atoms with Crippen LogP contribution in [0.25, 0.3) is 0 Å². The summed E-state index contributed by atoms with van der Waals surface area (Å²) >= 11 is 6.17. The topological polar surface area (TPSA) is 104 Å². The van der Waals surface area contributed by atoms with Crippen LogP contribution >= 0.6 is 11.6 Å². The number of halogens is 1. The van der Waals surface area contributed by atoms with Gasteiger partial charge in [-0.25, -0.2) is 8.42 Å². The molecule has 9 heteroatoms. The second-order valence-corrected chi connectivity index (χ2v) is 10.2. The maximum atomic E-state index is 13.0. The van der Waals surface area contributed by atoms with E-state index in [0.29, 0.717) is 23.5 Å². The summed E-state index contributed by atoms with van der Waals surface area (Å²) in [5, 5.41) is 5.49. The van der Waals surface area contributed by atoms with Gasteiger partial charge in [0, 0.05) is 12.1 Å². The van der Waals surface area contributed by atoms with Crippen LogP contribution in [0.15, 0.2) is 71.6 Å². The zero-order valence-corrected chi connectivity index (χ0v) is 20.6. The molecule has 0 spiro atoms. The van der Waals surface area contributed by atoms with Gasteiger partial charge >= 0.3 is 0 Å². The van der Waals surface area contributed by atoms with E-state index in [-0.39, 0.29) is 27.3 Å². The molecule has 34 heavy (non-hydrogen) atoms. The molecular formula is C25H26ClN3O4S. The molecule has 0 unspecified atom stereocenters. The highest BCUT2D eigenvalue weighted by atomic mass is 35.5. The van der Waals surface area contributed by atoms with Crippen LogP contribution in [0, 0.1) is 12.8 Å². The largest absolute Gasteiger partial charge is 0.352 e. The van der Waals surface area contributed by atoms with Gasteiger partial charge in [0.2, 0.25) is 0 Å². The van der Waals surface area contributed by atoms with Gasteiger partial charge in [-0.1, -0.05) is 55.8 Å². The van der Waals surface area contributed by atoms with E-state index >= 15 is 0 Å². The fourth-order valence-electron chi connectivity index (χ4n) is 3.11. The van der Waals surface area contributed by atoms with Crippen LogP contribution in [-0.2, 0) is 10.0 Å². The zero-order chi connectivity index (χ0) is 24.9. The van der Waals surface area contributed by atoms with Gasteiger partial charge in [-0.3, -0.25) is 14.3 Å². The molecule has 0 radical (unpaired) electrons. The Labute approximate surface area is 204 Å². The van der Waals surface area contributed by atoms with Gasteiger partial charge in [-0.05, 0) is 54.8 Å². The molecule has 0 saturated heterocycles. The average Bonchev–Trinajstić information content (AvgIpc) is 2.79. The van der Waals surface area contributed by atoms with E-state index < -0.39 is 15.9 Å². The minimum Gasteiger partial charge on any atom is -0.352 e. The molecule has 3 N–H and O–H groups in total. The molecule has 7 nitrogen and oxygen atoms in total. The van der Waals surface area contributed by atoms with Crippen molar-refractivity contribution in [2.24, 2.45) is 5.92 Å². The van der Waals surface area contributed by atoms with Crippen molar-refractivity contribution in [2.75, 3.05) is 16.6 Å². The Morgan fingerprint density at radius 3 is 2.24 bits per heavy atom. The van der Waals surface area contributed by atoms with Crippen molar-refractivity contribution in [3.05, 3.63) is 88.4 Å². The fraction of sp³-hybridized carbons (Fsp3) is 0.200. The maximum Gasteiger partial charge on any atom is 0.263 e. The lowest BCUT2D eigenvalue weighted by Crippen LogP contribution is -2.28. The van der Waals surface area contributed by atoms with Gasteiger partial charge in [-0.2, -0.15) is 0 Å². The van der Waals surface area contributed by atoms with Crippen molar-refractivity contribution in [3.8, 4) is 0 Å². The van der Waals surface area contributed by atoms with Crippen molar-refractivity contribution in [1.82, 2.24) is 5.32 Å². The van der Waals surface area contributed by atoms with Crippen molar-refractivity contribution >= 4 is 44.8 Å². The predicted molar refractivity (Wildman–Crippen MR) is 135 cm³/mol. The number of sulfonamides is 1. The molecule has 0 aliphatic heterocycles. The van der Waals surface area contributed by atoms with Crippen LogP contribution in [0.3, 0.4) is 0 Å². The van der Waals surface area contributed by atoms with Crippen molar-refractivity contribution in [1.29, 1.82) is 0 Å². The molecule has 178 valence electrons. The molecule has 0 bridgehead atoms. The number of hydrogen-bond acceptors (Lipinski definition) is 4. The quantitative estimate of drug-likeness (QED) is 0.401. The molecule has 0 saturated carbocycles. The first-order valence-electron chi connectivity index (χ1n) is 10.6. The first-order chi connectivity index (χ1) is 16.1. The molecule has 3 aromatic rings. The Hall–Kier alpha value is -3.36. The molecule has 0 atom stereocenters. The number of anilines is 2. The smallest absolute Gasteiger partial charge is 0.263 e. The van der Waals surface area contributed by atoms with Crippen LogP contribution in [0.5, 0.6) is 0 Å². The number of benzene rings is 3. The highest BCUT2D eigenvalue weighted by Gasteiger charge is 2.22. The van der Waals surface area contributed by atoms with Crippen molar-refractivity contribution < 1.29 is 18.0 Å². The van der Waals surface area contributed by atoms with Crippen LogP contribution in [-0.4, -0.2) is 26.8 Å². The van der Waals surface area contributed by atoms with Crippen LogP contribution in [0.4, 0.5) is 11.4 Å². The molecule has 0 aliphatic carbocycles. The number of amides is 2. The molecule has 3 aromatic carbocycles. The molecule has 0 aromatic heterocycles. The average molecular weight is 500 g/mol. The van der Waals surface area contributed by atoms with Gasteiger partial charge in [0.05, 0.1) is 22.0 Å². The van der Waals surface area contributed by atoms with Gasteiger partial charge < -0.3 is 10.6 Å². The number of nitrogens with one attached hydrogen (secondary N) is 3. The monoisotopic (exact) mass is 499 g/mol. The highest BCUT2D eigenvalue weighted by molar-refractivity contribution is 7.92. The number of hydrogen-bond donors (Lipinski definition) is 3. The molecule has 0 heterocycles.